The van der Waals surface area contributed by atoms with Gasteiger partial charge >= 0.3 is 0 Å². The molecule has 2 aromatic heterocycles. The van der Waals surface area contributed by atoms with Crippen LogP contribution in [0.1, 0.15) is 81.5 Å². The summed E-state index contributed by atoms with van der Waals surface area (Å²) in [6.45, 7) is 5.19. The van der Waals surface area contributed by atoms with Gasteiger partial charge in [0.05, 0.1) is 6.61 Å². The number of carbonyl (C=O) groups excluding carboxylic acids is 8. The van der Waals surface area contributed by atoms with E-state index in [1.807, 2.05) is 50.2 Å². The molecular formula is C62H77F2N13O10. The molecule has 87 heavy (non-hydrogen) atoms. The highest BCUT2D eigenvalue weighted by Crippen LogP contribution is 2.24. The quantitative estimate of drug-likeness (QED) is 0.0176. The van der Waals surface area contributed by atoms with E-state index in [0.717, 1.165) is 28.6 Å². The minimum absolute atomic E-state index is 0.0111. The van der Waals surface area contributed by atoms with Gasteiger partial charge in [-0.1, -0.05) is 68.4 Å². The number of fused-ring (bicyclic) bond motifs is 2. The van der Waals surface area contributed by atoms with Crippen molar-refractivity contribution < 1.29 is 57.4 Å². The lowest BCUT2D eigenvalue weighted by atomic mass is 9.99. The number of carbonyl (C=O) groups is 8. The molecule has 0 spiro atoms. The van der Waals surface area contributed by atoms with E-state index in [4.69, 9.17) is 11.5 Å². The predicted molar refractivity (Wildman–Crippen MR) is 322 cm³/mol. The van der Waals surface area contributed by atoms with Gasteiger partial charge in [0.1, 0.15) is 48.0 Å². The first-order valence-corrected chi connectivity index (χ1v) is 29.1. The number of aryl methyl sites for hydroxylation is 1. The van der Waals surface area contributed by atoms with Crippen LogP contribution in [0.2, 0.25) is 0 Å². The maximum Gasteiger partial charge on any atom is 0.245 e. The van der Waals surface area contributed by atoms with Crippen LogP contribution in [0.4, 0.5) is 8.78 Å². The van der Waals surface area contributed by atoms with Crippen molar-refractivity contribution in [2.24, 2.45) is 22.4 Å². The Balaban J connectivity index is 1.14. The first kappa shape index (κ1) is 65.2. The monoisotopic (exact) mass is 1200 g/mol. The van der Waals surface area contributed by atoms with E-state index in [9.17, 15) is 57.4 Å². The highest BCUT2D eigenvalue weighted by molar-refractivity contribution is 5.99. The smallest absolute Gasteiger partial charge is 0.245 e. The van der Waals surface area contributed by atoms with Crippen molar-refractivity contribution in [1.82, 2.24) is 52.1 Å². The number of likely N-dealkylation sites (tertiary alicyclic amines) is 1. The minimum atomic E-state index is -1.73. The highest BCUT2D eigenvalue weighted by Gasteiger charge is 2.39. The summed E-state index contributed by atoms with van der Waals surface area (Å²) in [5, 5.41) is 41.4. The number of aromatic nitrogens is 2. The normalized spacial score (nSPS) is 15.1. The fourth-order valence-electron chi connectivity index (χ4n) is 10.6. The summed E-state index contributed by atoms with van der Waals surface area (Å²) in [4.78, 5) is 126. The number of aliphatic imine (C=N–C) groups is 1. The van der Waals surface area contributed by atoms with Crippen LogP contribution in [-0.2, 0) is 64.0 Å². The zero-order valence-corrected chi connectivity index (χ0v) is 48.8. The highest BCUT2D eigenvalue weighted by atomic mass is 19.2. The molecule has 15 N–H and O–H groups in total. The van der Waals surface area contributed by atoms with Crippen LogP contribution in [0.25, 0.3) is 21.8 Å². The number of para-hydroxylation sites is 2. The Hall–Kier alpha value is -9.39. The Bertz CT molecular complexity index is 3420. The lowest BCUT2D eigenvalue weighted by Gasteiger charge is -2.30. The molecule has 3 heterocycles. The zero-order valence-electron chi connectivity index (χ0n) is 48.8. The van der Waals surface area contributed by atoms with Crippen LogP contribution in [0.5, 0.6) is 5.75 Å². The van der Waals surface area contributed by atoms with Gasteiger partial charge in [-0.15, -0.1) is 0 Å². The van der Waals surface area contributed by atoms with Gasteiger partial charge in [-0.2, -0.15) is 0 Å². The Morgan fingerprint density at radius 2 is 1.20 bits per heavy atom. The third-order valence-electron chi connectivity index (χ3n) is 15.0. The SMILES string of the molecule is CCNC(=O)[C@H]1CCCN1C(=O)[C@H](CCCN=C(N)N)NC(=O)[C@H](CC(C)C)NC(=O)[C@@H](Cc1c[nH]c2ccccc12)NC(=O)[C@H](Cc1ccc(O)cc1)NC(=O)[C@H](CO)NC(=O)[C@H](Cc1c[nH]c2ccccc12)NC(=O)CCc1ccc(F)c(F)c1. The molecule has 1 saturated heterocycles. The minimum Gasteiger partial charge on any atom is -0.508 e. The summed E-state index contributed by atoms with van der Waals surface area (Å²) in [5.41, 5.74) is 14.6. The van der Waals surface area contributed by atoms with Crippen molar-refractivity contribution in [3.05, 3.63) is 137 Å². The Labute approximate surface area is 501 Å². The van der Waals surface area contributed by atoms with Crippen molar-refractivity contribution >= 4 is 75.0 Å². The van der Waals surface area contributed by atoms with Crippen LogP contribution < -0.4 is 48.7 Å². The number of hydrogen-bond acceptors (Lipinski definition) is 11. The number of phenolic OH excluding ortho intramolecular Hbond substituents is 1. The van der Waals surface area contributed by atoms with E-state index in [1.165, 1.54) is 35.2 Å². The third-order valence-corrected chi connectivity index (χ3v) is 15.0. The molecule has 6 aromatic rings. The fraction of sp³-hybridized carbons (Fsp3) is 0.403. The summed E-state index contributed by atoms with van der Waals surface area (Å²) >= 11 is 0. The lowest BCUT2D eigenvalue weighted by Crippen LogP contribution is -2.61. The van der Waals surface area contributed by atoms with Crippen LogP contribution in [0, 0.1) is 17.6 Å². The maximum atomic E-state index is 15.0. The number of aromatic hydroxyl groups is 1. The summed E-state index contributed by atoms with van der Waals surface area (Å²) in [6, 6.07) is 14.2. The number of rotatable bonds is 30. The number of aliphatic hydroxyl groups is 1. The van der Waals surface area contributed by atoms with Gasteiger partial charge < -0.3 is 73.8 Å². The largest absolute Gasteiger partial charge is 0.508 e. The van der Waals surface area contributed by atoms with E-state index in [0.29, 0.717) is 47.0 Å². The van der Waals surface area contributed by atoms with Gasteiger partial charge in [0.25, 0.3) is 0 Å². The molecular weight excluding hydrogens is 1120 g/mol. The first-order valence-electron chi connectivity index (χ1n) is 29.1. The number of nitrogens with one attached hydrogen (secondary N) is 9. The topological polar surface area (TPSA) is 360 Å². The number of guanidine groups is 1. The number of hydrogen-bond donors (Lipinski definition) is 13. The Morgan fingerprint density at radius 1 is 0.667 bits per heavy atom. The molecule has 1 aliphatic rings. The van der Waals surface area contributed by atoms with Gasteiger partial charge in [0, 0.05) is 79.5 Å². The van der Waals surface area contributed by atoms with E-state index < -0.39 is 102 Å². The van der Waals surface area contributed by atoms with Crippen molar-refractivity contribution in [1.29, 1.82) is 0 Å². The summed E-state index contributed by atoms with van der Waals surface area (Å²) < 4.78 is 27.7. The molecule has 0 aliphatic carbocycles. The fourth-order valence-corrected chi connectivity index (χ4v) is 10.6. The predicted octanol–water partition coefficient (Wildman–Crippen LogP) is 2.42. The van der Waals surface area contributed by atoms with Crippen LogP contribution in [0.3, 0.4) is 0 Å². The molecule has 0 bridgehead atoms. The number of halogens is 2. The number of phenols is 1. The molecule has 0 unspecified atom stereocenters. The van der Waals surface area contributed by atoms with E-state index >= 15 is 0 Å². The molecule has 25 heteroatoms. The average molecular weight is 1200 g/mol. The van der Waals surface area contributed by atoms with Crippen molar-refractivity contribution in [3.63, 3.8) is 0 Å². The first-order chi connectivity index (χ1) is 41.7. The van der Waals surface area contributed by atoms with Crippen molar-refractivity contribution in [3.8, 4) is 5.75 Å². The van der Waals surface area contributed by atoms with E-state index in [-0.39, 0.29) is 88.0 Å². The maximum absolute atomic E-state index is 15.0. The Kier molecular flexibility index (Phi) is 23.3. The van der Waals surface area contributed by atoms with Crippen LogP contribution in [0.15, 0.2) is 108 Å². The van der Waals surface area contributed by atoms with Gasteiger partial charge in [-0.25, -0.2) is 8.78 Å². The second-order valence-electron chi connectivity index (χ2n) is 22.0. The number of nitrogens with two attached hydrogens (primary N) is 2. The molecule has 8 amide bonds. The molecule has 1 aliphatic heterocycles. The molecule has 0 saturated carbocycles. The van der Waals surface area contributed by atoms with Gasteiger partial charge in [-0.3, -0.25) is 43.3 Å². The van der Waals surface area contributed by atoms with Gasteiger partial charge in [0.15, 0.2) is 17.6 Å². The van der Waals surface area contributed by atoms with Crippen LogP contribution in [-0.4, -0.2) is 147 Å². The van der Waals surface area contributed by atoms with Crippen molar-refractivity contribution in [2.75, 3.05) is 26.2 Å². The van der Waals surface area contributed by atoms with Gasteiger partial charge in [0.2, 0.25) is 47.3 Å². The zero-order chi connectivity index (χ0) is 62.7. The lowest BCUT2D eigenvalue weighted by molar-refractivity contribution is -0.142. The third kappa shape index (κ3) is 18.3. The average Bonchev–Trinajstić information content (AvgIpc) is 3.31. The Morgan fingerprint density at radius 3 is 1.77 bits per heavy atom. The number of aromatic amines is 2. The summed E-state index contributed by atoms with van der Waals surface area (Å²) in [7, 11) is 0. The summed E-state index contributed by atoms with van der Waals surface area (Å²) in [5.74, 6) is -8.46. The standard InChI is InChI=1S/C62H77F2N13O10/c1-4-67-60(86)53-16-10-26-77(53)61(87)47(15-9-25-68-62(65)66)72-55(81)48(27-35(2)3)73-58(84)51(31-39-33-70-46-14-8-6-12-42(39)46)75-56(82)49(29-37-17-21-40(79)22-18-37)74-59(85)52(34-78)76-57(83)50(30-38-32-69-45-13-7-5-11-41(38)45)71-54(80)24-20-36-19-23-43(63)44(64)28-36/h5-8,11-14,17-19,21-23,28,32-33,35,47-53,69-70,78-79H,4,9-10,15-16,20,24-27,29-31,34H2,1-3H3,(H,67,86)(H,71,80)(H,72,81)(H,73,84)(H,74,85)(H,75,82)(H,76,83)(H4,65,66,68)/t47-,48-,49-,50-,51+,52-,53+/m0/s1. The van der Waals surface area contributed by atoms with Crippen molar-refractivity contribution in [2.45, 2.75) is 127 Å². The molecule has 0 radical (unpaired) electrons. The molecule has 1 fully saturated rings. The second kappa shape index (κ2) is 31.1. The molecule has 464 valence electrons. The van der Waals surface area contributed by atoms with Crippen LogP contribution >= 0.6 is 0 Å². The number of H-pyrrole nitrogens is 2. The van der Waals surface area contributed by atoms with E-state index in [1.54, 1.807) is 31.5 Å². The molecule has 23 nitrogen and oxygen atoms in total. The van der Waals surface area contributed by atoms with Gasteiger partial charge in [-0.05, 0) is 110 Å². The second-order valence-corrected chi connectivity index (χ2v) is 22.0. The summed E-state index contributed by atoms with van der Waals surface area (Å²) in [6.07, 6.45) is 3.95. The number of aliphatic hydroxyl groups excluding tert-OH is 1. The molecule has 4 aromatic carbocycles. The molecule has 7 rings (SSSR count). The van der Waals surface area contributed by atoms with E-state index in [2.05, 4.69) is 52.2 Å². The number of benzene rings is 4. The molecule has 7 atom stereocenters. The number of nitrogens with zero attached hydrogens (tertiary/aromatic N) is 2. The number of likely N-dealkylation sites (N-methyl/N-ethyl adjacent to an activating group) is 1. The number of amides is 8.